The number of hydrogen-bond donors (Lipinski definition) is 1. The molecule has 0 amide bonds. The molecule has 19 heavy (non-hydrogen) atoms. The fourth-order valence-corrected chi connectivity index (χ4v) is 4.55. The molecule has 2 aromatic rings. The molecule has 102 valence electrons. The van der Waals surface area contributed by atoms with Crippen LogP contribution in [0.15, 0.2) is 14.3 Å². The molecular weight excluding hydrogens is 505 g/mol. The maximum atomic E-state index is 6.02. The first-order valence-corrected chi connectivity index (χ1v) is 8.97. The third-order valence-electron chi connectivity index (χ3n) is 2.45. The summed E-state index contributed by atoms with van der Waals surface area (Å²) >= 11 is 10.8. The molecule has 0 bridgehead atoms. The van der Waals surface area contributed by atoms with E-state index in [0.29, 0.717) is 11.6 Å². The van der Waals surface area contributed by atoms with Crippen LogP contribution in [0.25, 0.3) is 10.7 Å². The summed E-state index contributed by atoms with van der Waals surface area (Å²) in [6.45, 7) is 6.38. The first kappa shape index (κ1) is 15.7. The van der Waals surface area contributed by atoms with Gasteiger partial charge in [-0.15, -0.1) is 11.3 Å². The van der Waals surface area contributed by atoms with Gasteiger partial charge in [0.05, 0.1) is 17.9 Å². The van der Waals surface area contributed by atoms with Gasteiger partial charge in [0.1, 0.15) is 5.82 Å². The van der Waals surface area contributed by atoms with Gasteiger partial charge in [0.2, 0.25) is 0 Å². The fraction of sp³-hybridized carbons (Fsp3) is 0.333. The predicted octanol–water partition coefficient (Wildman–Crippen LogP) is 5.21. The highest BCUT2D eigenvalue weighted by Gasteiger charge is 2.23. The lowest BCUT2D eigenvalue weighted by Gasteiger charge is -2.20. The van der Waals surface area contributed by atoms with Gasteiger partial charge < -0.3 is 5.73 Å². The number of nitrogen functional groups attached to an aromatic ring is 1. The van der Waals surface area contributed by atoms with Gasteiger partial charge in [0.15, 0.2) is 5.82 Å². The number of nitrogens with zero attached hydrogens (tertiary/aromatic N) is 2. The summed E-state index contributed by atoms with van der Waals surface area (Å²) in [6, 6.07) is 2.00. The molecule has 2 rings (SSSR count). The average Bonchev–Trinajstić information content (AvgIpc) is 2.61. The van der Waals surface area contributed by atoms with E-state index >= 15 is 0 Å². The SMILES string of the molecule is CC(C)(C)c1nc(-c2cc(Br)c(Br)s2)nc(N)c1I. The van der Waals surface area contributed by atoms with Crippen molar-refractivity contribution in [2.24, 2.45) is 0 Å². The van der Waals surface area contributed by atoms with Crippen molar-refractivity contribution in [3.05, 3.63) is 23.6 Å². The summed E-state index contributed by atoms with van der Waals surface area (Å²) in [5.41, 5.74) is 6.94. The molecule has 2 heterocycles. The van der Waals surface area contributed by atoms with E-state index in [1.807, 2.05) is 6.07 Å². The van der Waals surface area contributed by atoms with E-state index < -0.39 is 0 Å². The van der Waals surface area contributed by atoms with Crippen LogP contribution in [0.3, 0.4) is 0 Å². The smallest absolute Gasteiger partial charge is 0.172 e. The highest BCUT2D eigenvalue weighted by molar-refractivity contribution is 14.1. The van der Waals surface area contributed by atoms with E-state index in [2.05, 4.69) is 80.2 Å². The quantitative estimate of drug-likeness (QED) is 0.529. The van der Waals surface area contributed by atoms with Crippen LogP contribution in [0.1, 0.15) is 26.5 Å². The number of hydrogen-bond acceptors (Lipinski definition) is 4. The standard InChI is InChI=1S/C12H12Br2IN3S/c1-12(2,3)8-7(15)10(16)18-11(17-8)6-4-5(13)9(14)19-6/h4H,1-3H3,(H2,16,17,18). The Kier molecular flexibility index (Phi) is 4.59. The predicted molar refractivity (Wildman–Crippen MR) is 96.6 cm³/mol. The van der Waals surface area contributed by atoms with E-state index in [-0.39, 0.29) is 5.41 Å². The largest absolute Gasteiger partial charge is 0.383 e. The van der Waals surface area contributed by atoms with Gasteiger partial charge in [-0.25, -0.2) is 9.97 Å². The molecule has 0 unspecified atom stereocenters. The van der Waals surface area contributed by atoms with Gasteiger partial charge in [-0.3, -0.25) is 0 Å². The zero-order valence-electron chi connectivity index (χ0n) is 10.6. The second-order valence-electron chi connectivity index (χ2n) is 5.08. The van der Waals surface area contributed by atoms with Crippen molar-refractivity contribution in [3.8, 4) is 10.7 Å². The minimum Gasteiger partial charge on any atom is -0.383 e. The van der Waals surface area contributed by atoms with Crippen molar-refractivity contribution in [2.75, 3.05) is 5.73 Å². The summed E-state index contributed by atoms with van der Waals surface area (Å²) in [7, 11) is 0. The molecule has 0 saturated carbocycles. The summed E-state index contributed by atoms with van der Waals surface area (Å²) in [5.74, 6) is 1.22. The molecule has 0 aliphatic carbocycles. The molecule has 2 aromatic heterocycles. The monoisotopic (exact) mass is 515 g/mol. The molecule has 0 radical (unpaired) electrons. The van der Waals surface area contributed by atoms with Crippen LogP contribution in [0.5, 0.6) is 0 Å². The molecule has 0 aliphatic rings. The van der Waals surface area contributed by atoms with Gasteiger partial charge in [-0.05, 0) is 60.5 Å². The lowest BCUT2D eigenvalue weighted by atomic mass is 9.92. The van der Waals surface area contributed by atoms with Gasteiger partial charge in [-0.2, -0.15) is 0 Å². The highest BCUT2D eigenvalue weighted by atomic mass is 127. The van der Waals surface area contributed by atoms with Crippen molar-refractivity contribution in [3.63, 3.8) is 0 Å². The number of thiophene rings is 1. The lowest BCUT2D eigenvalue weighted by Crippen LogP contribution is -2.18. The number of aromatic nitrogens is 2. The van der Waals surface area contributed by atoms with Gasteiger partial charge in [0.25, 0.3) is 0 Å². The third kappa shape index (κ3) is 3.30. The van der Waals surface area contributed by atoms with E-state index in [4.69, 9.17) is 10.7 Å². The minimum atomic E-state index is -0.0615. The van der Waals surface area contributed by atoms with E-state index in [0.717, 1.165) is 22.4 Å². The van der Waals surface area contributed by atoms with E-state index in [9.17, 15) is 0 Å². The Hall–Kier alpha value is 0.270. The Labute approximate surface area is 146 Å². The highest BCUT2D eigenvalue weighted by Crippen LogP contribution is 2.38. The maximum Gasteiger partial charge on any atom is 0.172 e. The third-order valence-corrected chi connectivity index (χ3v) is 6.77. The first-order chi connectivity index (χ1) is 8.70. The van der Waals surface area contributed by atoms with E-state index in [1.54, 1.807) is 11.3 Å². The Balaban J connectivity index is 2.63. The average molecular weight is 517 g/mol. The van der Waals surface area contributed by atoms with Crippen molar-refractivity contribution < 1.29 is 0 Å². The van der Waals surface area contributed by atoms with Crippen LogP contribution in [0.2, 0.25) is 0 Å². The molecule has 7 heteroatoms. The molecule has 0 saturated heterocycles. The molecule has 0 fully saturated rings. The van der Waals surface area contributed by atoms with Crippen molar-refractivity contribution in [1.82, 2.24) is 9.97 Å². The topological polar surface area (TPSA) is 51.8 Å². The second kappa shape index (κ2) is 5.57. The van der Waals surface area contributed by atoms with Gasteiger partial charge in [-0.1, -0.05) is 20.8 Å². The summed E-state index contributed by atoms with van der Waals surface area (Å²) in [4.78, 5) is 10.1. The van der Waals surface area contributed by atoms with E-state index in [1.165, 1.54) is 0 Å². The Bertz CT molecular complexity index is 615. The van der Waals surface area contributed by atoms with Crippen LogP contribution in [0, 0.1) is 3.57 Å². The van der Waals surface area contributed by atoms with Crippen LogP contribution in [-0.2, 0) is 5.41 Å². The van der Waals surface area contributed by atoms with Gasteiger partial charge in [0, 0.05) is 9.89 Å². The van der Waals surface area contributed by atoms with Crippen molar-refractivity contribution in [1.29, 1.82) is 0 Å². The summed E-state index contributed by atoms with van der Waals surface area (Å²) < 4.78 is 2.97. The molecule has 0 aromatic carbocycles. The van der Waals surface area contributed by atoms with Crippen LogP contribution in [0.4, 0.5) is 5.82 Å². The van der Waals surface area contributed by atoms with Crippen LogP contribution < -0.4 is 5.73 Å². The molecule has 0 atom stereocenters. The second-order valence-corrected chi connectivity index (χ2v) is 9.38. The van der Waals surface area contributed by atoms with Crippen LogP contribution >= 0.6 is 65.8 Å². The van der Waals surface area contributed by atoms with Crippen LogP contribution in [-0.4, -0.2) is 9.97 Å². The summed E-state index contributed by atoms with van der Waals surface area (Å²) in [5, 5.41) is 0. The Morgan fingerprint density at radius 3 is 2.37 bits per heavy atom. The van der Waals surface area contributed by atoms with Gasteiger partial charge >= 0.3 is 0 Å². The molecular formula is C12H12Br2IN3S. The Morgan fingerprint density at radius 2 is 1.89 bits per heavy atom. The first-order valence-electron chi connectivity index (χ1n) is 5.49. The molecule has 0 spiro atoms. The van der Waals surface area contributed by atoms with Crippen molar-refractivity contribution >= 4 is 71.6 Å². The lowest BCUT2D eigenvalue weighted by molar-refractivity contribution is 0.564. The minimum absolute atomic E-state index is 0.0615. The number of anilines is 1. The van der Waals surface area contributed by atoms with Crippen molar-refractivity contribution in [2.45, 2.75) is 26.2 Å². The fourth-order valence-electron chi connectivity index (χ4n) is 1.53. The molecule has 3 nitrogen and oxygen atoms in total. The number of nitrogens with two attached hydrogens (primary N) is 1. The summed E-state index contributed by atoms with van der Waals surface area (Å²) in [6.07, 6.45) is 0. The number of halogens is 3. The zero-order chi connectivity index (χ0) is 14.4. The normalized spacial score (nSPS) is 11.9. The molecule has 0 aliphatic heterocycles. The zero-order valence-corrected chi connectivity index (χ0v) is 16.7. The maximum absolute atomic E-state index is 6.02. The molecule has 2 N–H and O–H groups in total. The Morgan fingerprint density at radius 1 is 1.26 bits per heavy atom. The number of rotatable bonds is 1.